The summed E-state index contributed by atoms with van der Waals surface area (Å²) in [4.78, 5) is 11.4. The molecule has 4 nitrogen and oxygen atoms in total. The van der Waals surface area contributed by atoms with Gasteiger partial charge in [-0.1, -0.05) is 6.07 Å². The molecule has 1 amide bonds. The van der Waals surface area contributed by atoms with E-state index in [4.69, 9.17) is 4.74 Å². The number of fused-ring (bicyclic) bond motifs is 1. The van der Waals surface area contributed by atoms with Crippen molar-refractivity contribution in [3.63, 3.8) is 0 Å². The summed E-state index contributed by atoms with van der Waals surface area (Å²) in [5, 5.41) is 6.56. The highest BCUT2D eigenvalue weighted by Crippen LogP contribution is 2.61. The molecule has 1 unspecified atom stereocenters. The molecule has 1 heterocycles. The monoisotopic (exact) mass is 286 g/mol. The average Bonchev–Trinajstić information content (AvgIpc) is 3.37. The zero-order valence-corrected chi connectivity index (χ0v) is 12.4. The Balaban J connectivity index is 1.43. The van der Waals surface area contributed by atoms with Crippen molar-refractivity contribution in [3.8, 4) is 5.75 Å². The molecule has 0 saturated heterocycles. The maximum Gasteiger partial charge on any atom is 0.262 e. The van der Waals surface area contributed by atoms with Crippen LogP contribution in [0.2, 0.25) is 0 Å². The first kappa shape index (κ1) is 13.1. The molecule has 3 aliphatic rings. The predicted octanol–water partition coefficient (Wildman–Crippen LogP) is 2.86. The smallest absolute Gasteiger partial charge is 0.262 e. The van der Waals surface area contributed by atoms with Crippen LogP contribution in [0.15, 0.2) is 18.2 Å². The number of amides is 1. The van der Waals surface area contributed by atoms with Crippen molar-refractivity contribution < 1.29 is 9.53 Å². The van der Waals surface area contributed by atoms with Gasteiger partial charge in [0.25, 0.3) is 5.91 Å². The molecule has 1 aromatic rings. The molecule has 4 heteroatoms. The van der Waals surface area contributed by atoms with Crippen molar-refractivity contribution in [1.29, 1.82) is 0 Å². The zero-order chi connectivity index (χ0) is 14.4. The molecular weight excluding hydrogens is 264 g/mol. The van der Waals surface area contributed by atoms with Gasteiger partial charge in [0.15, 0.2) is 6.61 Å². The fourth-order valence-corrected chi connectivity index (χ4v) is 3.43. The van der Waals surface area contributed by atoms with Crippen LogP contribution < -0.4 is 15.4 Å². The number of rotatable bonds is 5. The maximum atomic E-state index is 11.4. The topological polar surface area (TPSA) is 50.4 Å². The van der Waals surface area contributed by atoms with Crippen molar-refractivity contribution in [1.82, 2.24) is 5.32 Å². The minimum Gasteiger partial charge on any atom is -0.482 e. The van der Waals surface area contributed by atoms with Crippen LogP contribution in [-0.2, 0) is 4.79 Å². The summed E-state index contributed by atoms with van der Waals surface area (Å²) in [5.41, 5.74) is 2.60. The second-order valence-electron chi connectivity index (χ2n) is 6.83. The Labute approximate surface area is 125 Å². The predicted molar refractivity (Wildman–Crippen MR) is 81.4 cm³/mol. The summed E-state index contributed by atoms with van der Waals surface area (Å²) in [5.74, 6) is 1.67. The van der Waals surface area contributed by atoms with Gasteiger partial charge in [-0.2, -0.15) is 0 Å². The highest BCUT2D eigenvalue weighted by atomic mass is 16.5. The molecule has 1 aromatic carbocycles. The summed E-state index contributed by atoms with van der Waals surface area (Å²) in [6.07, 6.45) is 5.65. The van der Waals surface area contributed by atoms with Gasteiger partial charge in [0.2, 0.25) is 0 Å². The second kappa shape index (κ2) is 4.73. The van der Waals surface area contributed by atoms with E-state index in [1.807, 2.05) is 12.1 Å². The van der Waals surface area contributed by atoms with Crippen molar-refractivity contribution in [2.45, 2.75) is 38.6 Å². The van der Waals surface area contributed by atoms with Crippen LogP contribution in [0.4, 0.5) is 5.69 Å². The molecule has 0 aromatic heterocycles. The Hall–Kier alpha value is -1.55. The second-order valence-corrected chi connectivity index (χ2v) is 6.83. The number of hydrogen-bond donors (Lipinski definition) is 2. The lowest BCUT2D eigenvalue weighted by Crippen LogP contribution is -2.28. The van der Waals surface area contributed by atoms with Gasteiger partial charge in [0, 0.05) is 12.6 Å². The highest BCUT2D eigenvalue weighted by Gasteiger charge is 2.53. The first-order chi connectivity index (χ1) is 10.2. The standard InChI is InChI=1S/C17H22N2O2/c1-11(18-10-17(6-7-17)13-3-4-13)12-2-5-15-14(8-12)19-16(20)9-21-15/h2,5,8,11,13,18H,3-4,6-7,9-10H2,1H3,(H,19,20). The zero-order valence-electron chi connectivity index (χ0n) is 12.4. The molecule has 2 aliphatic carbocycles. The van der Waals surface area contributed by atoms with Gasteiger partial charge in [-0.25, -0.2) is 0 Å². The third-order valence-corrected chi connectivity index (χ3v) is 5.23. The summed E-state index contributed by atoms with van der Waals surface area (Å²) in [7, 11) is 0. The highest BCUT2D eigenvalue weighted by molar-refractivity contribution is 5.95. The van der Waals surface area contributed by atoms with E-state index in [0.717, 1.165) is 23.9 Å². The molecule has 0 radical (unpaired) electrons. The van der Waals surface area contributed by atoms with E-state index < -0.39 is 0 Å². The minimum absolute atomic E-state index is 0.0778. The number of anilines is 1. The van der Waals surface area contributed by atoms with Crippen LogP contribution in [0.25, 0.3) is 0 Å². The number of ether oxygens (including phenoxy) is 1. The van der Waals surface area contributed by atoms with E-state index in [1.54, 1.807) is 0 Å². The van der Waals surface area contributed by atoms with Crippen molar-refractivity contribution in [2.75, 3.05) is 18.5 Å². The Morgan fingerprint density at radius 2 is 2.24 bits per heavy atom. The Morgan fingerprint density at radius 1 is 1.43 bits per heavy atom. The van der Waals surface area contributed by atoms with Gasteiger partial charge in [-0.15, -0.1) is 0 Å². The normalized spacial score (nSPS) is 23.8. The van der Waals surface area contributed by atoms with E-state index in [9.17, 15) is 4.79 Å². The van der Waals surface area contributed by atoms with Crippen LogP contribution in [0, 0.1) is 11.3 Å². The fourth-order valence-electron chi connectivity index (χ4n) is 3.43. The molecule has 4 rings (SSSR count). The summed E-state index contributed by atoms with van der Waals surface area (Å²) in [6, 6.07) is 6.37. The largest absolute Gasteiger partial charge is 0.482 e. The fraction of sp³-hybridized carbons (Fsp3) is 0.588. The number of nitrogens with one attached hydrogen (secondary N) is 2. The first-order valence-corrected chi connectivity index (χ1v) is 7.96. The van der Waals surface area contributed by atoms with Crippen molar-refractivity contribution in [3.05, 3.63) is 23.8 Å². The van der Waals surface area contributed by atoms with E-state index in [0.29, 0.717) is 11.5 Å². The Kier molecular flexibility index (Phi) is 2.96. The first-order valence-electron chi connectivity index (χ1n) is 7.96. The van der Waals surface area contributed by atoms with E-state index in [-0.39, 0.29) is 12.5 Å². The Morgan fingerprint density at radius 3 is 2.95 bits per heavy atom. The molecule has 112 valence electrons. The lowest BCUT2D eigenvalue weighted by molar-refractivity contribution is -0.118. The lowest BCUT2D eigenvalue weighted by atomic mass is 9.99. The number of benzene rings is 1. The molecular formula is C17H22N2O2. The summed E-state index contributed by atoms with van der Waals surface area (Å²) >= 11 is 0. The Bertz CT molecular complexity index is 576. The van der Waals surface area contributed by atoms with Gasteiger partial charge in [-0.05, 0) is 61.6 Å². The quantitative estimate of drug-likeness (QED) is 0.875. The molecule has 2 fully saturated rings. The molecule has 1 aliphatic heterocycles. The lowest BCUT2D eigenvalue weighted by Gasteiger charge is -2.23. The summed E-state index contributed by atoms with van der Waals surface area (Å²) in [6.45, 7) is 3.43. The van der Waals surface area contributed by atoms with Crippen LogP contribution in [0.1, 0.15) is 44.2 Å². The molecule has 0 spiro atoms. The van der Waals surface area contributed by atoms with Crippen molar-refractivity contribution >= 4 is 11.6 Å². The van der Waals surface area contributed by atoms with Crippen LogP contribution in [-0.4, -0.2) is 19.1 Å². The van der Waals surface area contributed by atoms with Crippen LogP contribution >= 0.6 is 0 Å². The van der Waals surface area contributed by atoms with Crippen LogP contribution in [0.3, 0.4) is 0 Å². The minimum atomic E-state index is -0.0778. The maximum absolute atomic E-state index is 11.4. The number of carbonyl (C=O) groups excluding carboxylic acids is 1. The molecule has 21 heavy (non-hydrogen) atoms. The molecule has 2 saturated carbocycles. The number of carbonyl (C=O) groups is 1. The van der Waals surface area contributed by atoms with Gasteiger partial charge < -0.3 is 15.4 Å². The van der Waals surface area contributed by atoms with Gasteiger partial charge in [-0.3, -0.25) is 4.79 Å². The van der Waals surface area contributed by atoms with E-state index in [2.05, 4.69) is 23.6 Å². The number of hydrogen-bond acceptors (Lipinski definition) is 3. The SMILES string of the molecule is CC(NCC1(C2CC2)CC1)c1ccc2c(c1)NC(=O)CO2. The van der Waals surface area contributed by atoms with Crippen LogP contribution in [0.5, 0.6) is 5.75 Å². The third-order valence-electron chi connectivity index (χ3n) is 5.23. The summed E-state index contributed by atoms with van der Waals surface area (Å²) < 4.78 is 5.40. The van der Waals surface area contributed by atoms with Crippen molar-refractivity contribution in [2.24, 2.45) is 11.3 Å². The molecule has 1 atom stereocenters. The molecule has 0 bridgehead atoms. The van der Waals surface area contributed by atoms with E-state index >= 15 is 0 Å². The van der Waals surface area contributed by atoms with Gasteiger partial charge >= 0.3 is 0 Å². The molecule has 2 N–H and O–H groups in total. The van der Waals surface area contributed by atoms with E-state index in [1.165, 1.54) is 31.2 Å². The average molecular weight is 286 g/mol. The van der Waals surface area contributed by atoms with Gasteiger partial charge in [0.1, 0.15) is 5.75 Å². The van der Waals surface area contributed by atoms with Gasteiger partial charge in [0.05, 0.1) is 5.69 Å². The third kappa shape index (κ3) is 2.53.